The van der Waals surface area contributed by atoms with Gasteiger partial charge in [0.05, 0.1) is 13.7 Å². The highest BCUT2D eigenvalue weighted by atomic mass is 16.5. The number of hydrogen-bond acceptors (Lipinski definition) is 4. The van der Waals surface area contributed by atoms with Gasteiger partial charge >= 0.3 is 0 Å². The van der Waals surface area contributed by atoms with E-state index in [-0.39, 0.29) is 23.7 Å². The van der Waals surface area contributed by atoms with E-state index in [1.54, 1.807) is 7.11 Å². The Morgan fingerprint density at radius 1 is 0.963 bits per heavy atom. The molecule has 0 bridgehead atoms. The fourth-order valence-electron chi connectivity index (χ4n) is 3.23. The third-order valence-electron chi connectivity index (χ3n) is 4.88. The summed E-state index contributed by atoms with van der Waals surface area (Å²) in [6.07, 6.45) is 3.10. The van der Waals surface area contributed by atoms with Crippen molar-refractivity contribution in [3.63, 3.8) is 0 Å². The van der Waals surface area contributed by atoms with Gasteiger partial charge in [-0.1, -0.05) is 13.8 Å². The topological polar surface area (TPSA) is 76.7 Å². The molecule has 27 heavy (non-hydrogen) atoms. The number of carbonyl (C=O) groups is 2. The van der Waals surface area contributed by atoms with E-state index in [1.165, 1.54) is 0 Å². The summed E-state index contributed by atoms with van der Waals surface area (Å²) in [4.78, 5) is 24.4. The van der Waals surface area contributed by atoms with Crippen molar-refractivity contribution in [2.45, 2.75) is 39.5 Å². The van der Waals surface area contributed by atoms with Crippen LogP contribution in [0.15, 0.2) is 24.3 Å². The zero-order chi connectivity index (χ0) is 19.6. The number of ether oxygens (including phenoxy) is 2. The van der Waals surface area contributed by atoms with Crippen LogP contribution in [0.5, 0.6) is 11.5 Å². The fourth-order valence-corrected chi connectivity index (χ4v) is 3.23. The molecule has 0 unspecified atom stereocenters. The van der Waals surface area contributed by atoms with Crippen molar-refractivity contribution in [3.05, 3.63) is 24.3 Å². The molecule has 0 spiro atoms. The van der Waals surface area contributed by atoms with Crippen molar-refractivity contribution < 1.29 is 19.1 Å². The second kappa shape index (κ2) is 10.8. The van der Waals surface area contributed by atoms with Gasteiger partial charge in [0, 0.05) is 18.4 Å². The van der Waals surface area contributed by atoms with E-state index < -0.39 is 0 Å². The first-order valence-corrected chi connectivity index (χ1v) is 9.82. The van der Waals surface area contributed by atoms with Gasteiger partial charge < -0.3 is 20.1 Å². The zero-order valence-corrected chi connectivity index (χ0v) is 16.6. The van der Waals surface area contributed by atoms with Crippen LogP contribution >= 0.6 is 0 Å². The molecule has 1 aromatic rings. The molecule has 1 aromatic carbocycles. The number of amides is 2. The number of rotatable bonds is 9. The average molecular weight is 376 g/mol. The minimum absolute atomic E-state index is 0.000125. The van der Waals surface area contributed by atoms with Crippen LogP contribution in [0.4, 0.5) is 0 Å². The Morgan fingerprint density at radius 3 is 2.00 bits per heavy atom. The van der Waals surface area contributed by atoms with Gasteiger partial charge in [0.1, 0.15) is 18.1 Å². The summed E-state index contributed by atoms with van der Waals surface area (Å²) in [6, 6.07) is 7.35. The van der Waals surface area contributed by atoms with Crippen LogP contribution in [-0.4, -0.2) is 38.6 Å². The van der Waals surface area contributed by atoms with Gasteiger partial charge in [-0.25, -0.2) is 0 Å². The monoisotopic (exact) mass is 376 g/mol. The second-order valence-corrected chi connectivity index (χ2v) is 7.50. The smallest absolute Gasteiger partial charge is 0.223 e. The van der Waals surface area contributed by atoms with E-state index in [0.717, 1.165) is 37.2 Å². The number of carbonyl (C=O) groups excluding carboxylic acids is 2. The maximum atomic E-state index is 12.3. The van der Waals surface area contributed by atoms with Gasteiger partial charge in [-0.15, -0.1) is 0 Å². The van der Waals surface area contributed by atoms with Crippen molar-refractivity contribution in [3.8, 4) is 11.5 Å². The highest BCUT2D eigenvalue weighted by Crippen LogP contribution is 2.29. The molecule has 0 aromatic heterocycles. The molecule has 6 heteroatoms. The Labute approximate surface area is 162 Å². The maximum Gasteiger partial charge on any atom is 0.223 e. The summed E-state index contributed by atoms with van der Waals surface area (Å²) in [5.74, 6) is 2.23. The van der Waals surface area contributed by atoms with Gasteiger partial charge in [-0.3, -0.25) is 9.59 Å². The summed E-state index contributed by atoms with van der Waals surface area (Å²) < 4.78 is 10.7. The quantitative estimate of drug-likeness (QED) is 0.650. The predicted octanol–water partition coefficient (Wildman–Crippen LogP) is 2.77. The Hall–Kier alpha value is -2.24. The molecule has 1 aliphatic rings. The van der Waals surface area contributed by atoms with E-state index in [2.05, 4.69) is 24.5 Å². The molecule has 1 fully saturated rings. The number of hydrogen-bond donors (Lipinski definition) is 2. The molecular formula is C21H32N2O4. The minimum atomic E-state index is 0.000125. The summed E-state index contributed by atoms with van der Waals surface area (Å²) in [6.45, 7) is 5.78. The summed E-state index contributed by atoms with van der Waals surface area (Å²) in [5, 5.41) is 5.94. The van der Waals surface area contributed by atoms with Crippen molar-refractivity contribution >= 4 is 11.8 Å². The lowest BCUT2D eigenvalue weighted by Gasteiger charge is -2.27. The van der Waals surface area contributed by atoms with Gasteiger partial charge in [0.15, 0.2) is 0 Å². The van der Waals surface area contributed by atoms with Crippen LogP contribution in [0.1, 0.15) is 39.5 Å². The molecule has 6 nitrogen and oxygen atoms in total. The van der Waals surface area contributed by atoms with Crippen LogP contribution in [0.3, 0.4) is 0 Å². The Morgan fingerprint density at radius 2 is 1.48 bits per heavy atom. The summed E-state index contributed by atoms with van der Waals surface area (Å²) in [5.41, 5.74) is 0. The Kier molecular flexibility index (Phi) is 8.43. The minimum Gasteiger partial charge on any atom is -0.497 e. The molecule has 0 saturated heterocycles. The third kappa shape index (κ3) is 7.12. The molecule has 2 N–H and O–H groups in total. The molecule has 1 saturated carbocycles. The van der Waals surface area contributed by atoms with Crippen LogP contribution in [0, 0.1) is 17.8 Å². The largest absolute Gasteiger partial charge is 0.497 e. The lowest BCUT2D eigenvalue weighted by atomic mass is 9.81. The molecule has 2 rings (SSSR count). The normalized spacial score (nSPS) is 19.4. The molecule has 0 radical (unpaired) electrons. The van der Waals surface area contributed by atoms with Gasteiger partial charge in [0.2, 0.25) is 11.8 Å². The second-order valence-electron chi connectivity index (χ2n) is 7.50. The highest BCUT2D eigenvalue weighted by molar-refractivity contribution is 5.81. The van der Waals surface area contributed by atoms with Crippen molar-refractivity contribution in [1.82, 2.24) is 10.6 Å². The SMILES string of the molecule is COc1ccc(OCCNC(=O)C2CCC(C(=O)NCC(C)C)CC2)cc1. The summed E-state index contributed by atoms with van der Waals surface area (Å²) in [7, 11) is 1.62. The van der Waals surface area contributed by atoms with Crippen LogP contribution in [-0.2, 0) is 9.59 Å². The third-order valence-corrected chi connectivity index (χ3v) is 4.88. The Bertz CT molecular complexity index is 593. The first kappa shape index (κ1) is 21.1. The van der Waals surface area contributed by atoms with Gasteiger partial charge in [0.25, 0.3) is 0 Å². The van der Waals surface area contributed by atoms with Crippen LogP contribution in [0.2, 0.25) is 0 Å². The molecular weight excluding hydrogens is 344 g/mol. The lowest BCUT2D eigenvalue weighted by Crippen LogP contribution is -2.39. The number of benzene rings is 1. The van der Waals surface area contributed by atoms with E-state index in [4.69, 9.17) is 9.47 Å². The Balaban J connectivity index is 1.62. The molecule has 0 atom stereocenters. The number of nitrogens with one attached hydrogen (secondary N) is 2. The van der Waals surface area contributed by atoms with E-state index in [0.29, 0.717) is 25.6 Å². The molecule has 2 amide bonds. The van der Waals surface area contributed by atoms with Gasteiger partial charge in [-0.05, 0) is 55.9 Å². The van der Waals surface area contributed by atoms with E-state index in [1.807, 2.05) is 24.3 Å². The fraction of sp³-hybridized carbons (Fsp3) is 0.619. The molecule has 0 aliphatic heterocycles. The summed E-state index contributed by atoms with van der Waals surface area (Å²) >= 11 is 0. The van der Waals surface area contributed by atoms with Crippen LogP contribution < -0.4 is 20.1 Å². The molecule has 0 heterocycles. The zero-order valence-electron chi connectivity index (χ0n) is 16.6. The predicted molar refractivity (Wildman–Crippen MR) is 105 cm³/mol. The van der Waals surface area contributed by atoms with E-state index in [9.17, 15) is 9.59 Å². The van der Waals surface area contributed by atoms with Crippen molar-refractivity contribution in [2.75, 3.05) is 26.8 Å². The van der Waals surface area contributed by atoms with Crippen molar-refractivity contribution in [2.24, 2.45) is 17.8 Å². The number of methoxy groups -OCH3 is 1. The standard InChI is InChI=1S/C21H32N2O4/c1-15(2)14-23-21(25)17-6-4-16(5-7-17)20(24)22-12-13-27-19-10-8-18(26-3)9-11-19/h8-11,15-17H,4-7,12-14H2,1-3H3,(H,22,24)(H,23,25). The van der Waals surface area contributed by atoms with Gasteiger partial charge in [-0.2, -0.15) is 0 Å². The van der Waals surface area contributed by atoms with Crippen molar-refractivity contribution in [1.29, 1.82) is 0 Å². The maximum absolute atomic E-state index is 12.3. The van der Waals surface area contributed by atoms with Crippen LogP contribution in [0.25, 0.3) is 0 Å². The highest BCUT2D eigenvalue weighted by Gasteiger charge is 2.29. The average Bonchev–Trinajstić information content (AvgIpc) is 2.69. The lowest BCUT2D eigenvalue weighted by molar-refractivity contribution is -0.130. The molecule has 150 valence electrons. The molecule has 1 aliphatic carbocycles. The first-order valence-electron chi connectivity index (χ1n) is 9.82. The van der Waals surface area contributed by atoms with E-state index >= 15 is 0 Å². The first-order chi connectivity index (χ1) is 13.0.